The number of benzene rings is 1. The number of ether oxygens (including phenoxy) is 2. The fourth-order valence-electron chi connectivity index (χ4n) is 1.81. The van der Waals surface area contributed by atoms with Crippen molar-refractivity contribution in [2.24, 2.45) is 0 Å². The normalized spacial score (nSPS) is 14.7. The number of carboxylic acids is 1. The van der Waals surface area contributed by atoms with Crippen molar-refractivity contribution in [3.8, 4) is 11.5 Å². The lowest BCUT2D eigenvalue weighted by Crippen LogP contribution is -2.15. The van der Waals surface area contributed by atoms with Gasteiger partial charge in [0, 0.05) is 6.08 Å². The molecule has 1 aromatic carbocycles. The van der Waals surface area contributed by atoms with Crippen molar-refractivity contribution in [2.75, 3.05) is 13.2 Å². The Morgan fingerprint density at radius 1 is 1.26 bits per heavy atom. The van der Waals surface area contributed by atoms with E-state index in [4.69, 9.17) is 14.6 Å². The second kappa shape index (κ2) is 6.09. The minimum absolute atomic E-state index is 0.555. The lowest BCUT2D eigenvalue weighted by atomic mass is 10.1. The number of carbonyl (C=O) groups is 1. The molecule has 0 aliphatic carbocycles. The zero-order valence-electron chi connectivity index (χ0n) is 10.8. The van der Waals surface area contributed by atoms with Gasteiger partial charge < -0.3 is 14.6 Å². The quantitative estimate of drug-likeness (QED) is 0.668. The molecule has 1 aliphatic heterocycles. The molecule has 0 spiro atoms. The van der Waals surface area contributed by atoms with Crippen LogP contribution in [0.15, 0.2) is 35.9 Å². The van der Waals surface area contributed by atoms with Crippen LogP contribution < -0.4 is 9.47 Å². The fraction of sp³-hybridized carbons (Fsp3) is 0.267. The molecule has 1 aliphatic rings. The summed E-state index contributed by atoms with van der Waals surface area (Å²) in [7, 11) is 0. The van der Waals surface area contributed by atoms with Gasteiger partial charge >= 0.3 is 5.97 Å². The Morgan fingerprint density at radius 3 is 2.68 bits per heavy atom. The molecule has 0 fully saturated rings. The number of carboxylic acid groups (broad SMARTS) is 1. The fourth-order valence-corrected chi connectivity index (χ4v) is 1.81. The van der Waals surface area contributed by atoms with Crippen molar-refractivity contribution in [1.29, 1.82) is 0 Å². The average Bonchev–Trinajstić information content (AvgIpc) is 2.43. The molecule has 1 aromatic rings. The van der Waals surface area contributed by atoms with Crippen LogP contribution in [0.1, 0.15) is 18.9 Å². The van der Waals surface area contributed by atoms with Crippen LogP contribution >= 0.6 is 0 Å². The molecule has 19 heavy (non-hydrogen) atoms. The van der Waals surface area contributed by atoms with Gasteiger partial charge in [0.2, 0.25) is 0 Å². The molecular weight excluding hydrogens is 244 g/mol. The number of hydrogen-bond acceptors (Lipinski definition) is 3. The Labute approximate surface area is 112 Å². The van der Waals surface area contributed by atoms with Gasteiger partial charge in [-0.05, 0) is 29.7 Å². The van der Waals surface area contributed by atoms with Gasteiger partial charge in [-0.15, -0.1) is 0 Å². The maximum atomic E-state index is 10.5. The van der Waals surface area contributed by atoms with E-state index >= 15 is 0 Å². The zero-order valence-corrected chi connectivity index (χ0v) is 10.8. The maximum Gasteiger partial charge on any atom is 0.328 e. The molecule has 0 saturated heterocycles. The van der Waals surface area contributed by atoms with Crippen LogP contribution in [0.5, 0.6) is 11.5 Å². The van der Waals surface area contributed by atoms with Crippen LogP contribution in [0.2, 0.25) is 0 Å². The lowest BCUT2D eigenvalue weighted by Gasteiger charge is -2.18. The third-order valence-electron chi connectivity index (χ3n) is 2.77. The van der Waals surface area contributed by atoms with E-state index in [9.17, 15) is 4.79 Å². The predicted molar refractivity (Wildman–Crippen MR) is 72.5 cm³/mol. The Bertz CT molecular complexity index is 529. The second-order valence-corrected chi connectivity index (χ2v) is 4.15. The molecule has 0 aromatic heterocycles. The van der Waals surface area contributed by atoms with Gasteiger partial charge in [-0.25, -0.2) is 4.79 Å². The van der Waals surface area contributed by atoms with Crippen molar-refractivity contribution >= 4 is 12.0 Å². The van der Waals surface area contributed by atoms with Gasteiger partial charge in [0.1, 0.15) is 13.2 Å². The second-order valence-electron chi connectivity index (χ2n) is 4.15. The highest BCUT2D eigenvalue weighted by Gasteiger charge is 2.10. The summed E-state index contributed by atoms with van der Waals surface area (Å²) in [6.45, 7) is 3.11. The molecule has 4 heteroatoms. The number of hydrogen-bond donors (Lipinski definition) is 1. The van der Waals surface area contributed by atoms with Gasteiger partial charge in [0.05, 0.1) is 0 Å². The molecule has 100 valence electrons. The maximum absolute atomic E-state index is 10.5. The first-order valence-corrected chi connectivity index (χ1v) is 6.20. The van der Waals surface area contributed by atoms with Crippen LogP contribution in [-0.2, 0) is 4.79 Å². The van der Waals surface area contributed by atoms with Crippen molar-refractivity contribution in [1.82, 2.24) is 0 Å². The molecule has 4 nitrogen and oxygen atoms in total. The average molecular weight is 260 g/mol. The van der Waals surface area contributed by atoms with Crippen LogP contribution in [0.4, 0.5) is 0 Å². The lowest BCUT2D eigenvalue weighted by molar-refractivity contribution is -0.131. The predicted octanol–water partition coefficient (Wildman–Crippen LogP) is 2.89. The molecular formula is C15H16O4. The summed E-state index contributed by atoms with van der Waals surface area (Å²) >= 11 is 0. The Hall–Kier alpha value is -2.23. The standard InChI is InChI=1S/C15H16O4/c1-2-11(4-6-15(16)17)9-12-3-5-13-14(10-12)19-8-7-18-13/h3-6,9-10H,2,7-8H2,1H3,(H,16,17). The molecule has 1 N–H and O–H groups in total. The minimum Gasteiger partial charge on any atom is -0.486 e. The molecule has 0 bridgehead atoms. The third-order valence-corrected chi connectivity index (χ3v) is 2.77. The summed E-state index contributed by atoms with van der Waals surface area (Å²) in [6.07, 6.45) is 5.46. The zero-order chi connectivity index (χ0) is 13.7. The first-order chi connectivity index (χ1) is 9.19. The molecule has 0 atom stereocenters. The topological polar surface area (TPSA) is 55.8 Å². The molecule has 2 rings (SSSR count). The highest BCUT2D eigenvalue weighted by Crippen LogP contribution is 2.31. The van der Waals surface area contributed by atoms with Crippen molar-refractivity contribution in [3.05, 3.63) is 41.5 Å². The summed E-state index contributed by atoms with van der Waals surface area (Å²) < 4.78 is 11.0. The summed E-state index contributed by atoms with van der Waals surface area (Å²) in [5.41, 5.74) is 1.91. The van der Waals surface area contributed by atoms with E-state index in [0.717, 1.165) is 35.1 Å². The van der Waals surface area contributed by atoms with Gasteiger partial charge in [0.25, 0.3) is 0 Å². The first-order valence-electron chi connectivity index (χ1n) is 6.20. The van der Waals surface area contributed by atoms with Gasteiger partial charge in [-0.2, -0.15) is 0 Å². The number of allylic oxidation sites excluding steroid dienone is 2. The highest BCUT2D eigenvalue weighted by molar-refractivity contribution is 5.80. The third kappa shape index (κ3) is 3.61. The van der Waals surface area contributed by atoms with E-state index in [1.54, 1.807) is 6.08 Å². The van der Waals surface area contributed by atoms with Crippen molar-refractivity contribution in [3.63, 3.8) is 0 Å². The van der Waals surface area contributed by atoms with Crippen molar-refractivity contribution < 1.29 is 19.4 Å². The largest absolute Gasteiger partial charge is 0.486 e. The Kier molecular flexibility index (Phi) is 4.23. The smallest absolute Gasteiger partial charge is 0.328 e. The van der Waals surface area contributed by atoms with Gasteiger partial charge in [-0.3, -0.25) is 0 Å². The van der Waals surface area contributed by atoms with Crippen LogP contribution in [0, 0.1) is 0 Å². The number of aliphatic carboxylic acids is 1. The molecule has 1 heterocycles. The summed E-state index contributed by atoms with van der Waals surface area (Å²) in [5.74, 6) is 0.543. The number of rotatable bonds is 4. The van der Waals surface area contributed by atoms with E-state index in [0.29, 0.717) is 13.2 Å². The highest BCUT2D eigenvalue weighted by atomic mass is 16.6. The van der Waals surface area contributed by atoms with Crippen LogP contribution in [-0.4, -0.2) is 24.3 Å². The van der Waals surface area contributed by atoms with Crippen LogP contribution in [0.3, 0.4) is 0 Å². The van der Waals surface area contributed by atoms with Crippen LogP contribution in [0.25, 0.3) is 6.08 Å². The van der Waals surface area contributed by atoms with Gasteiger partial charge in [-0.1, -0.05) is 25.1 Å². The minimum atomic E-state index is -0.943. The Balaban J connectivity index is 2.23. The van der Waals surface area contributed by atoms with E-state index < -0.39 is 5.97 Å². The monoisotopic (exact) mass is 260 g/mol. The van der Waals surface area contributed by atoms with E-state index in [-0.39, 0.29) is 0 Å². The summed E-state index contributed by atoms with van der Waals surface area (Å²) in [4.78, 5) is 10.5. The van der Waals surface area contributed by atoms with E-state index in [1.807, 2.05) is 31.2 Å². The summed E-state index contributed by atoms with van der Waals surface area (Å²) in [5, 5.41) is 8.63. The molecule has 0 amide bonds. The molecule has 0 saturated carbocycles. The molecule has 0 radical (unpaired) electrons. The van der Waals surface area contributed by atoms with E-state index in [2.05, 4.69) is 0 Å². The first kappa shape index (κ1) is 13.2. The Morgan fingerprint density at radius 2 is 2.00 bits per heavy atom. The van der Waals surface area contributed by atoms with Crippen molar-refractivity contribution in [2.45, 2.75) is 13.3 Å². The van der Waals surface area contributed by atoms with E-state index in [1.165, 1.54) is 0 Å². The molecule has 0 unspecified atom stereocenters. The summed E-state index contributed by atoms with van der Waals surface area (Å²) in [6, 6.07) is 5.70. The van der Waals surface area contributed by atoms with Gasteiger partial charge in [0.15, 0.2) is 11.5 Å². The number of fused-ring (bicyclic) bond motifs is 1. The SMILES string of the molecule is CCC(C=CC(=O)O)=Cc1ccc2c(c1)OCCO2.